The van der Waals surface area contributed by atoms with Crippen LogP contribution >= 0.6 is 0 Å². The highest BCUT2D eigenvalue weighted by Crippen LogP contribution is 2.36. The average Bonchev–Trinajstić information content (AvgIpc) is 3.18. The maximum Gasteiger partial charge on any atom is 0.0681 e. The van der Waals surface area contributed by atoms with Crippen molar-refractivity contribution in [3.8, 4) is 28.2 Å². The van der Waals surface area contributed by atoms with Gasteiger partial charge in [-0.15, -0.1) is 0 Å². The molecule has 146 valence electrons. The average molecular weight is 382 g/mol. The van der Waals surface area contributed by atoms with Crippen molar-refractivity contribution < 1.29 is 5.11 Å². The van der Waals surface area contributed by atoms with Crippen molar-refractivity contribution in [3.05, 3.63) is 102 Å². The summed E-state index contributed by atoms with van der Waals surface area (Å²) in [6, 6.07) is 31.8. The van der Waals surface area contributed by atoms with Gasteiger partial charge in [0.25, 0.3) is 0 Å². The summed E-state index contributed by atoms with van der Waals surface area (Å²) < 4.78 is 2.38. The van der Waals surface area contributed by atoms with Gasteiger partial charge in [-0.1, -0.05) is 86.1 Å². The predicted octanol–water partition coefficient (Wildman–Crippen LogP) is 6.65. The summed E-state index contributed by atoms with van der Waals surface area (Å²) in [5.41, 5.74) is 8.32. The zero-order valence-electron chi connectivity index (χ0n) is 16.9. The molecule has 0 aliphatic rings. The van der Waals surface area contributed by atoms with Gasteiger partial charge in [0.2, 0.25) is 0 Å². The molecule has 1 N–H and O–H groups in total. The van der Waals surface area contributed by atoms with E-state index in [9.17, 15) is 5.11 Å². The number of aliphatic hydroxyl groups excluding tert-OH is 1. The zero-order valence-corrected chi connectivity index (χ0v) is 16.9. The highest BCUT2D eigenvalue weighted by molar-refractivity contribution is 5.76. The van der Waals surface area contributed by atoms with Crippen molar-refractivity contribution >= 4 is 0 Å². The molecule has 0 spiro atoms. The molecule has 0 saturated heterocycles. The monoisotopic (exact) mass is 381 g/mol. The zero-order chi connectivity index (χ0) is 20.1. The first-order valence-corrected chi connectivity index (χ1v) is 10.4. The van der Waals surface area contributed by atoms with E-state index in [0.29, 0.717) is 0 Å². The smallest absolute Gasteiger partial charge is 0.0681 e. The molecule has 1 heterocycles. The van der Waals surface area contributed by atoms with Crippen LogP contribution in [0.3, 0.4) is 0 Å². The van der Waals surface area contributed by atoms with E-state index < -0.39 is 0 Å². The van der Waals surface area contributed by atoms with Gasteiger partial charge < -0.3 is 9.67 Å². The Morgan fingerprint density at radius 2 is 1.41 bits per heavy atom. The normalized spacial score (nSPS) is 11.0. The molecule has 0 amide bonds. The molecule has 0 radical (unpaired) electrons. The minimum Gasteiger partial charge on any atom is -0.392 e. The second-order valence-electron chi connectivity index (χ2n) is 7.40. The predicted molar refractivity (Wildman–Crippen MR) is 121 cm³/mol. The Morgan fingerprint density at radius 1 is 0.759 bits per heavy atom. The molecule has 0 unspecified atom stereocenters. The molecule has 0 fully saturated rings. The van der Waals surface area contributed by atoms with Crippen molar-refractivity contribution in [3.63, 3.8) is 0 Å². The standard InChI is InChI=1S/C27H27NO/c1-2-3-10-24-19-26(22-17-15-21(20-29)16-18-22)28(25-13-8-5-9-14-25)27(24)23-11-6-4-7-12-23/h4-9,11-19,29H,2-3,10,20H2,1H3. The van der Waals surface area contributed by atoms with Gasteiger partial charge in [0.05, 0.1) is 18.0 Å². The number of rotatable bonds is 7. The van der Waals surface area contributed by atoms with Gasteiger partial charge >= 0.3 is 0 Å². The number of aromatic nitrogens is 1. The third kappa shape index (κ3) is 4.03. The first kappa shape index (κ1) is 19.2. The van der Waals surface area contributed by atoms with Crippen molar-refractivity contribution in [2.24, 2.45) is 0 Å². The van der Waals surface area contributed by atoms with E-state index in [2.05, 4.69) is 90.4 Å². The topological polar surface area (TPSA) is 25.2 Å². The summed E-state index contributed by atoms with van der Waals surface area (Å²) in [5.74, 6) is 0. The summed E-state index contributed by atoms with van der Waals surface area (Å²) in [6.45, 7) is 2.31. The Hall–Kier alpha value is -3.10. The summed E-state index contributed by atoms with van der Waals surface area (Å²) in [7, 11) is 0. The molecule has 0 saturated carbocycles. The summed E-state index contributed by atoms with van der Waals surface area (Å²) in [5, 5.41) is 9.42. The van der Waals surface area contributed by atoms with Crippen LogP contribution in [0.1, 0.15) is 30.9 Å². The van der Waals surface area contributed by atoms with E-state index in [1.165, 1.54) is 35.4 Å². The quantitative estimate of drug-likeness (QED) is 0.381. The lowest BCUT2D eigenvalue weighted by molar-refractivity contribution is 0.282. The van der Waals surface area contributed by atoms with Crippen molar-refractivity contribution in [2.45, 2.75) is 32.8 Å². The van der Waals surface area contributed by atoms with Gasteiger partial charge in [-0.3, -0.25) is 0 Å². The van der Waals surface area contributed by atoms with Gasteiger partial charge in [-0.05, 0) is 53.3 Å². The summed E-state index contributed by atoms with van der Waals surface area (Å²) in [6.07, 6.45) is 3.40. The van der Waals surface area contributed by atoms with E-state index in [4.69, 9.17) is 0 Å². The lowest BCUT2D eigenvalue weighted by Crippen LogP contribution is -2.00. The van der Waals surface area contributed by atoms with Crippen molar-refractivity contribution in [1.29, 1.82) is 0 Å². The first-order chi connectivity index (χ1) is 14.3. The molecule has 2 nitrogen and oxygen atoms in total. The number of para-hydroxylation sites is 1. The van der Waals surface area contributed by atoms with Crippen molar-refractivity contribution in [2.75, 3.05) is 0 Å². The highest BCUT2D eigenvalue weighted by atomic mass is 16.3. The lowest BCUT2D eigenvalue weighted by Gasteiger charge is -2.15. The van der Waals surface area contributed by atoms with E-state index in [-0.39, 0.29) is 6.61 Å². The highest BCUT2D eigenvalue weighted by Gasteiger charge is 2.19. The molecule has 0 atom stereocenters. The number of benzene rings is 3. The van der Waals surface area contributed by atoms with E-state index in [1.807, 2.05) is 12.1 Å². The SMILES string of the molecule is CCCCc1cc(-c2ccc(CO)cc2)n(-c2ccccc2)c1-c1ccccc1. The van der Waals surface area contributed by atoms with Crippen molar-refractivity contribution in [1.82, 2.24) is 4.57 Å². The second kappa shape index (κ2) is 8.93. The van der Waals surface area contributed by atoms with Gasteiger partial charge in [0.15, 0.2) is 0 Å². The number of nitrogens with zero attached hydrogens (tertiary/aromatic N) is 1. The molecule has 0 aliphatic heterocycles. The number of hydrogen-bond acceptors (Lipinski definition) is 1. The first-order valence-electron chi connectivity index (χ1n) is 10.4. The van der Waals surface area contributed by atoms with Crippen LogP contribution in [0.25, 0.3) is 28.2 Å². The van der Waals surface area contributed by atoms with Gasteiger partial charge in [0.1, 0.15) is 0 Å². The minimum absolute atomic E-state index is 0.0665. The Kier molecular flexibility index (Phi) is 5.92. The maximum atomic E-state index is 9.42. The molecule has 1 aromatic heterocycles. The van der Waals surface area contributed by atoms with Crippen LogP contribution in [0.2, 0.25) is 0 Å². The Balaban J connectivity index is 1.97. The summed E-state index contributed by atoms with van der Waals surface area (Å²) in [4.78, 5) is 0. The third-order valence-electron chi connectivity index (χ3n) is 5.37. The minimum atomic E-state index is 0.0665. The molecule has 4 aromatic rings. The molecule has 2 heteroatoms. The fourth-order valence-electron chi connectivity index (χ4n) is 3.87. The van der Waals surface area contributed by atoms with Gasteiger partial charge in [-0.2, -0.15) is 0 Å². The number of aryl methyl sites for hydroxylation is 1. The van der Waals surface area contributed by atoms with E-state index in [0.717, 1.165) is 23.2 Å². The van der Waals surface area contributed by atoms with E-state index in [1.54, 1.807) is 0 Å². The van der Waals surface area contributed by atoms with Crippen LogP contribution < -0.4 is 0 Å². The van der Waals surface area contributed by atoms with Crippen LogP contribution in [0, 0.1) is 0 Å². The van der Waals surface area contributed by atoms with Crippen LogP contribution in [0.4, 0.5) is 0 Å². The lowest BCUT2D eigenvalue weighted by atomic mass is 10.0. The fraction of sp³-hybridized carbons (Fsp3) is 0.185. The number of aliphatic hydroxyl groups is 1. The van der Waals surface area contributed by atoms with Crippen LogP contribution in [0.5, 0.6) is 0 Å². The molecular formula is C27H27NO. The Labute approximate surface area is 173 Å². The second-order valence-corrected chi connectivity index (χ2v) is 7.40. The van der Waals surface area contributed by atoms with Crippen LogP contribution in [-0.4, -0.2) is 9.67 Å². The van der Waals surface area contributed by atoms with Crippen LogP contribution in [0.15, 0.2) is 91.0 Å². The third-order valence-corrected chi connectivity index (χ3v) is 5.37. The molecule has 0 bridgehead atoms. The molecular weight excluding hydrogens is 354 g/mol. The van der Waals surface area contributed by atoms with Gasteiger partial charge in [0, 0.05) is 5.69 Å². The Morgan fingerprint density at radius 3 is 2.03 bits per heavy atom. The maximum absolute atomic E-state index is 9.42. The number of unbranched alkanes of at least 4 members (excludes halogenated alkanes) is 1. The fourth-order valence-corrected chi connectivity index (χ4v) is 3.87. The van der Waals surface area contributed by atoms with Crippen LogP contribution in [-0.2, 0) is 13.0 Å². The number of hydrogen-bond donors (Lipinski definition) is 1. The van der Waals surface area contributed by atoms with E-state index >= 15 is 0 Å². The molecule has 3 aromatic carbocycles. The van der Waals surface area contributed by atoms with Gasteiger partial charge in [-0.25, -0.2) is 0 Å². The largest absolute Gasteiger partial charge is 0.392 e. The molecule has 29 heavy (non-hydrogen) atoms. The molecule has 4 rings (SSSR count). The Bertz CT molecular complexity index is 1050. The summed E-state index contributed by atoms with van der Waals surface area (Å²) >= 11 is 0. The molecule has 0 aliphatic carbocycles.